The van der Waals surface area contributed by atoms with Crippen molar-refractivity contribution in [3.8, 4) is 0 Å². The normalized spacial score (nSPS) is 23.2. The molecule has 2 N–H and O–H groups in total. The first kappa shape index (κ1) is 9.74. The first-order chi connectivity index (χ1) is 5.67. The molecule has 0 aliphatic heterocycles. The van der Waals surface area contributed by atoms with Gasteiger partial charge in [0.2, 0.25) is 0 Å². The van der Waals surface area contributed by atoms with Gasteiger partial charge in [-0.15, -0.1) is 0 Å². The van der Waals surface area contributed by atoms with E-state index in [2.05, 4.69) is 0 Å². The Bertz CT molecular complexity index is 256. The molecule has 0 spiro atoms. The van der Waals surface area contributed by atoms with Crippen LogP contribution >= 0.6 is 0 Å². The highest BCUT2D eigenvalue weighted by atomic mass is 32.2. The molecular formula is C8H15NO2S. The van der Waals surface area contributed by atoms with Crippen LogP contribution in [-0.4, -0.2) is 26.0 Å². The van der Waals surface area contributed by atoms with Gasteiger partial charge in [0.1, 0.15) is 0 Å². The molecule has 1 unspecified atom stereocenters. The Morgan fingerprint density at radius 1 is 1.50 bits per heavy atom. The third kappa shape index (κ3) is 2.32. The van der Waals surface area contributed by atoms with Crippen molar-refractivity contribution in [2.24, 2.45) is 5.73 Å². The Kier molecular flexibility index (Phi) is 3.29. The Hall–Kier alpha value is -0.350. The summed E-state index contributed by atoms with van der Waals surface area (Å²) in [6.07, 6.45) is 5.96. The van der Waals surface area contributed by atoms with Gasteiger partial charge < -0.3 is 5.73 Å². The van der Waals surface area contributed by atoms with E-state index < -0.39 is 9.84 Å². The van der Waals surface area contributed by atoms with Crippen molar-refractivity contribution >= 4 is 9.84 Å². The Morgan fingerprint density at radius 3 is 2.75 bits per heavy atom. The molecule has 0 amide bonds. The lowest BCUT2D eigenvalue weighted by Gasteiger charge is -2.08. The Morgan fingerprint density at radius 2 is 2.25 bits per heavy atom. The maximum atomic E-state index is 11.5. The zero-order chi connectivity index (χ0) is 9.03. The summed E-state index contributed by atoms with van der Waals surface area (Å²) in [5, 5.41) is -0.232. The second-order valence-corrected chi connectivity index (χ2v) is 5.39. The summed E-state index contributed by atoms with van der Waals surface area (Å²) in [7, 11) is -2.89. The number of nitrogens with two attached hydrogens (primary N) is 1. The molecule has 0 saturated carbocycles. The minimum absolute atomic E-state index is 0.232. The van der Waals surface area contributed by atoms with Gasteiger partial charge in [0.05, 0.1) is 11.0 Å². The molecule has 0 heterocycles. The second-order valence-electron chi connectivity index (χ2n) is 3.05. The maximum absolute atomic E-state index is 11.5. The molecule has 0 bridgehead atoms. The van der Waals surface area contributed by atoms with Crippen LogP contribution in [0.1, 0.15) is 19.3 Å². The van der Waals surface area contributed by atoms with Crippen LogP contribution in [0.5, 0.6) is 0 Å². The Balaban J connectivity index is 2.53. The van der Waals surface area contributed by atoms with E-state index >= 15 is 0 Å². The number of hydrogen-bond donors (Lipinski definition) is 1. The van der Waals surface area contributed by atoms with Crippen molar-refractivity contribution < 1.29 is 8.42 Å². The minimum atomic E-state index is -2.89. The van der Waals surface area contributed by atoms with Crippen molar-refractivity contribution in [1.82, 2.24) is 0 Å². The molecule has 3 nitrogen and oxygen atoms in total. The molecular weight excluding hydrogens is 174 g/mol. The van der Waals surface area contributed by atoms with E-state index in [9.17, 15) is 8.42 Å². The molecule has 0 aromatic carbocycles. The van der Waals surface area contributed by atoms with E-state index in [1.807, 2.05) is 6.08 Å². The van der Waals surface area contributed by atoms with Crippen molar-refractivity contribution in [2.45, 2.75) is 24.5 Å². The average molecular weight is 189 g/mol. The molecule has 70 valence electrons. The molecule has 0 saturated heterocycles. The molecule has 0 fully saturated rings. The predicted molar refractivity (Wildman–Crippen MR) is 49.6 cm³/mol. The lowest BCUT2D eigenvalue weighted by Crippen LogP contribution is -2.21. The smallest absolute Gasteiger partial charge is 0.156 e. The molecule has 0 aromatic rings. The van der Waals surface area contributed by atoms with Gasteiger partial charge in [0.25, 0.3) is 0 Å². The van der Waals surface area contributed by atoms with E-state index in [1.54, 1.807) is 6.08 Å². The molecule has 1 atom stereocenters. The summed E-state index contributed by atoms with van der Waals surface area (Å²) in [6.45, 7) is 0.454. The highest BCUT2D eigenvalue weighted by molar-refractivity contribution is 7.92. The molecule has 0 radical (unpaired) electrons. The third-order valence-corrected chi connectivity index (χ3v) is 4.24. The van der Waals surface area contributed by atoms with Gasteiger partial charge in [-0.25, -0.2) is 8.42 Å². The van der Waals surface area contributed by atoms with Gasteiger partial charge in [-0.3, -0.25) is 0 Å². The SMILES string of the molecule is NCCCS(=O)(=O)C1C=CCC1. The summed E-state index contributed by atoms with van der Waals surface area (Å²) in [4.78, 5) is 0. The van der Waals surface area contributed by atoms with E-state index in [1.165, 1.54) is 0 Å². The Labute approximate surface area is 73.6 Å². The van der Waals surface area contributed by atoms with Crippen molar-refractivity contribution in [3.63, 3.8) is 0 Å². The van der Waals surface area contributed by atoms with E-state index in [0.717, 1.165) is 12.8 Å². The summed E-state index contributed by atoms with van der Waals surface area (Å²) < 4.78 is 23.0. The van der Waals surface area contributed by atoms with E-state index in [-0.39, 0.29) is 11.0 Å². The largest absolute Gasteiger partial charge is 0.330 e. The van der Waals surface area contributed by atoms with Crippen molar-refractivity contribution in [1.29, 1.82) is 0 Å². The monoisotopic (exact) mass is 189 g/mol. The quantitative estimate of drug-likeness (QED) is 0.654. The van der Waals surface area contributed by atoms with Crippen LogP contribution in [0.4, 0.5) is 0 Å². The maximum Gasteiger partial charge on any atom is 0.156 e. The van der Waals surface area contributed by atoms with Crippen LogP contribution < -0.4 is 5.73 Å². The molecule has 0 aromatic heterocycles. The van der Waals surface area contributed by atoms with Crippen LogP contribution in [0.15, 0.2) is 12.2 Å². The summed E-state index contributed by atoms with van der Waals surface area (Å²) in [6, 6.07) is 0. The van der Waals surface area contributed by atoms with Gasteiger partial charge in [-0.05, 0) is 25.8 Å². The highest BCUT2D eigenvalue weighted by Gasteiger charge is 2.23. The fraction of sp³-hybridized carbons (Fsp3) is 0.750. The van der Waals surface area contributed by atoms with Crippen LogP contribution in [0.3, 0.4) is 0 Å². The van der Waals surface area contributed by atoms with Crippen LogP contribution in [-0.2, 0) is 9.84 Å². The minimum Gasteiger partial charge on any atom is -0.330 e. The van der Waals surface area contributed by atoms with Gasteiger partial charge in [0, 0.05) is 0 Å². The second kappa shape index (κ2) is 4.05. The van der Waals surface area contributed by atoms with E-state index in [4.69, 9.17) is 5.73 Å². The topological polar surface area (TPSA) is 60.2 Å². The lowest BCUT2D eigenvalue weighted by molar-refractivity contribution is 0.584. The fourth-order valence-corrected chi connectivity index (χ4v) is 3.06. The highest BCUT2D eigenvalue weighted by Crippen LogP contribution is 2.18. The van der Waals surface area contributed by atoms with Gasteiger partial charge in [-0.2, -0.15) is 0 Å². The van der Waals surface area contributed by atoms with Gasteiger partial charge in [-0.1, -0.05) is 12.2 Å². The first-order valence-corrected chi connectivity index (χ1v) is 5.96. The summed E-state index contributed by atoms with van der Waals surface area (Å²) >= 11 is 0. The van der Waals surface area contributed by atoms with Crippen LogP contribution in [0.2, 0.25) is 0 Å². The summed E-state index contributed by atoms with van der Waals surface area (Å²) in [5.41, 5.74) is 5.25. The average Bonchev–Trinajstić information content (AvgIpc) is 2.53. The van der Waals surface area contributed by atoms with Gasteiger partial charge >= 0.3 is 0 Å². The first-order valence-electron chi connectivity index (χ1n) is 4.25. The van der Waals surface area contributed by atoms with Crippen molar-refractivity contribution in [3.05, 3.63) is 12.2 Å². The summed E-state index contributed by atoms with van der Waals surface area (Å²) in [5.74, 6) is 0.235. The van der Waals surface area contributed by atoms with Crippen LogP contribution in [0.25, 0.3) is 0 Å². The molecule has 1 aliphatic carbocycles. The number of allylic oxidation sites excluding steroid dienone is 1. The molecule has 1 aliphatic rings. The fourth-order valence-electron chi connectivity index (χ4n) is 1.34. The number of rotatable bonds is 4. The zero-order valence-electron chi connectivity index (χ0n) is 7.07. The van der Waals surface area contributed by atoms with Crippen molar-refractivity contribution in [2.75, 3.05) is 12.3 Å². The number of hydrogen-bond acceptors (Lipinski definition) is 3. The predicted octanol–water partition coefficient (Wildman–Crippen LogP) is 0.469. The molecule has 1 rings (SSSR count). The number of sulfone groups is 1. The lowest BCUT2D eigenvalue weighted by atomic mass is 10.4. The molecule has 4 heteroatoms. The van der Waals surface area contributed by atoms with Gasteiger partial charge in [0.15, 0.2) is 9.84 Å². The third-order valence-electron chi connectivity index (χ3n) is 2.06. The zero-order valence-corrected chi connectivity index (χ0v) is 7.89. The van der Waals surface area contributed by atoms with Crippen LogP contribution in [0, 0.1) is 0 Å². The molecule has 12 heavy (non-hydrogen) atoms. The standard InChI is InChI=1S/C8H15NO2S/c9-6-3-7-12(10,11)8-4-1-2-5-8/h1,4,8H,2-3,5-7,9H2. The van der Waals surface area contributed by atoms with E-state index in [0.29, 0.717) is 13.0 Å².